The number of ether oxygens (including phenoxy) is 1. The number of nitrogens with one attached hydrogen (secondary N) is 1. The average Bonchev–Trinajstić information content (AvgIpc) is 2.57. The molecule has 0 aliphatic rings. The molecule has 1 amide bonds. The second kappa shape index (κ2) is 7.40. The van der Waals surface area contributed by atoms with Gasteiger partial charge >= 0.3 is 0 Å². The number of anilines is 2. The van der Waals surface area contributed by atoms with Crippen molar-refractivity contribution in [2.24, 2.45) is 0 Å². The van der Waals surface area contributed by atoms with Crippen molar-refractivity contribution in [2.75, 3.05) is 25.5 Å². The number of methoxy groups -OCH3 is 1. The zero-order valence-corrected chi connectivity index (χ0v) is 13.0. The maximum absolute atomic E-state index is 12.1. The Balaban J connectivity index is 2.06. The first-order valence-corrected chi connectivity index (χ1v) is 7.20. The van der Waals surface area contributed by atoms with Gasteiger partial charge < -0.3 is 15.0 Å². The molecular weight excluding hydrogens is 280 g/mol. The monoisotopic (exact) mass is 300 g/mol. The topological polar surface area (TPSA) is 67.4 Å². The fourth-order valence-corrected chi connectivity index (χ4v) is 2.00. The lowest BCUT2D eigenvalue weighted by Crippen LogP contribution is -2.31. The zero-order valence-electron chi connectivity index (χ0n) is 13.0. The molecule has 0 aliphatic heterocycles. The molecule has 1 aromatic carbocycles. The molecule has 0 saturated heterocycles. The lowest BCUT2D eigenvalue weighted by molar-refractivity contribution is 0.0766. The molecule has 6 heteroatoms. The predicted octanol–water partition coefficient (Wildman–Crippen LogP) is 2.71. The number of carbonyl (C=O) groups is 1. The molecular formula is C16H20N4O2. The predicted molar refractivity (Wildman–Crippen MR) is 85.6 cm³/mol. The second-order valence-corrected chi connectivity index (χ2v) is 4.62. The number of amides is 1. The Morgan fingerprint density at radius 3 is 2.32 bits per heavy atom. The molecule has 1 N–H and O–H groups in total. The van der Waals surface area contributed by atoms with E-state index in [1.165, 1.54) is 6.20 Å². The van der Waals surface area contributed by atoms with Crippen LogP contribution in [0.1, 0.15) is 24.3 Å². The molecule has 0 bridgehead atoms. The first kappa shape index (κ1) is 15.8. The van der Waals surface area contributed by atoms with Crippen molar-refractivity contribution in [3.63, 3.8) is 0 Å². The zero-order chi connectivity index (χ0) is 15.9. The summed E-state index contributed by atoms with van der Waals surface area (Å²) in [5.41, 5.74) is 1.22. The summed E-state index contributed by atoms with van der Waals surface area (Å²) in [7, 11) is 1.62. The molecule has 0 fully saturated rings. The van der Waals surface area contributed by atoms with Gasteiger partial charge in [0.15, 0.2) is 0 Å². The molecule has 0 radical (unpaired) electrons. The summed E-state index contributed by atoms with van der Waals surface area (Å²) in [5, 5.41) is 3.12. The number of nitrogens with zero attached hydrogens (tertiary/aromatic N) is 3. The SMILES string of the molecule is CCN(CC)C(=O)c1cnc(Nc2ccc(OC)cc2)cn1. The smallest absolute Gasteiger partial charge is 0.274 e. The fraction of sp³-hybridized carbons (Fsp3) is 0.312. The van der Waals surface area contributed by atoms with Gasteiger partial charge in [-0.3, -0.25) is 4.79 Å². The Hall–Kier alpha value is -2.63. The highest BCUT2D eigenvalue weighted by atomic mass is 16.5. The molecule has 0 spiro atoms. The highest BCUT2D eigenvalue weighted by Gasteiger charge is 2.14. The lowest BCUT2D eigenvalue weighted by Gasteiger charge is -2.17. The summed E-state index contributed by atoms with van der Waals surface area (Å²) >= 11 is 0. The van der Waals surface area contributed by atoms with Crippen LogP contribution in [0.4, 0.5) is 11.5 Å². The molecule has 2 rings (SSSR count). The molecule has 0 saturated carbocycles. The third-order valence-corrected chi connectivity index (χ3v) is 3.28. The van der Waals surface area contributed by atoms with Crippen LogP contribution in [0.15, 0.2) is 36.7 Å². The van der Waals surface area contributed by atoms with Crippen molar-refractivity contribution in [3.8, 4) is 5.75 Å². The molecule has 116 valence electrons. The summed E-state index contributed by atoms with van der Waals surface area (Å²) in [6.07, 6.45) is 3.05. The number of hydrogen-bond donors (Lipinski definition) is 1. The Labute approximate surface area is 130 Å². The first-order chi connectivity index (χ1) is 10.7. The van der Waals surface area contributed by atoms with Crippen LogP contribution in [0, 0.1) is 0 Å². The summed E-state index contributed by atoms with van der Waals surface area (Å²) < 4.78 is 5.11. The van der Waals surface area contributed by atoms with Gasteiger partial charge in [-0.25, -0.2) is 9.97 Å². The standard InChI is InChI=1S/C16H20N4O2/c1-4-20(5-2)16(21)14-10-18-15(11-17-14)19-12-6-8-13(22-3)9-7-12/h6-11H,4-5H2,1-3H3,(H,18,19). The molecule has 6 nitrogen and oxygen atoms in total. The number of hydrogen-bond acceptors (Lipinski definition) is 5. The van der Waals surface area contributed by atoms with E-state index in [0.717, 1.165) is 11.4 Å². The lowest BCUT2D eigenvalue weighted by atomic mass is 10.3. The Bertz CT molecular complexity index is 607. The van der Waals surface area contributed by atoms with Crippen molar-refractivity contribution < 1.29 is 9.53 Å². The quantitative estimate of drug-likeness (QED) is 0.888. The van der Waals surface area contributed by atoms with E-state index in [0.29, 0.717) is 24.6 Å². The minimum atomic E-state index is -0.103. The Morgan fingerprint density at radius 2 is 1.82 bits per heavy atom. The number of rotatable bonds is 6. The van der Waals surface area contributed by atoms with E-state index in [2.05, 4.69) is 15.3 Å². The van der Waals surface area contributed by atoms with Crippen molar-refractivity contribution in [3.05, 3.63) is 42.4 Å². The maximum atomic E-state index is 12.1. The van der Waals surface area contributed by atoms with Gasteiger partial charge in [0.05, 0.1) is 19.5 Å². The molecule has 22 heavy (non-hydrogen) atoms. The molecule has 0 unspecified atom stereocenters. The van der Waals surface area contributed by atoms with Gasteiger partial charge in [0.25, 0.3) is 5.91 Å². The van der Waals surface area contributed by atoms with Crippen LogP contribution in [-0.2, 0) is 0 Å². The second-order valence-electron chi connectivity index (χ2n) is 4.62. The van der Waals surface area contributed by atoms with Gasteiger partial charge in [0.2, 0.25) is 0 Å². The van der Waals surface area contributed by atoms with Crippen molar-refractivity contribution in [1.29, 1.82) is 0 Å². The summed E-state index contributed by atoms with van der Waals surface area (Å²) in [6.45, 7) is 5.19. The summed E-state index contributed by atoms with van der Waals surface area (Å²) in [5.74, 6) is 1.27. The minimum absolute atomic E-state index is 0.103. The van der Waals surface area contributed by atoms with Crippen LogP contribution in [0.3, 0.4) is 0 Å². The molecule has 0 atom stereocenters. The normalized spacial score (nSPS) is 10.1. The van der Waals surface area contributed by atoms with Crippen LogP contribution in [-0.4, -0.2) is 41.0 Å². The fourth-order valence-electron chi connectivity index (χ4n) is 2.00. The Morgan fingerprint density at radius 1 is 1.14 bits per heavy atom. The number of aromatic nitrogens is 2. The van der Waals surface area contributed by atoms with E-state index in [9.17, 15) is 4.79 Å². The van der Waals surface area contributed by atoms with Gasteiger partial charge in [-0.15, -0.1) is 0 Å². The van der Waals surface area contributed by atoms with Crippen molar-refractivity contribution in [2.45, 2.75) is 13.8 Å². The third kappa shape index (κ3) is 3.72. The van der Waals surface area contributed by atoms with Crippen LogP contribution < -0.4 is 10.1 Å². The van der Waals surface area contributed by atoms with E-state index >= 15 is 0 Å². The highest BCUT2D eigenvalue weighted by Crippen LogP contribution is 2.18. The number of benzene rings is 1. The van der Waals surface area contributed by atoms with Gasteiger partial charge in [0.1, 0.15) is 17.3 Å². The minimum Gasteiger partial charge on any atom is -0.497 e. The van der Waals surface area contributed by atoms with Gasteiger partial charge in [-0.2, -0.15) is 0 Å². The molecule has 2 aromatic rings. The Kier molecular flexibility index (Phi) is 5.30. The average molecular weight is 300 g/mol. The van der Waals surface area contributed by atoms with Gasteiger partial charge in [0, 0.05) is 18.8 Å². The first-order valence-electron chi connectivity index (χ1n) is 7.20. The van der Waals surface area contributed by atoms with Crippen molar-refractivity contribution in [1.82, 2.24) is 14.9 Å². The van der Waals surface area contributed by atoms with Crippen molar-refractivity contribution >= 4 is 17.4 Å². The maximum Gasteiger partial charge on any atom is 0.274 e. The van der Waals surface area contributed by atoms with E-state index < -0.39 is 0 Å². The summed E-state index contributed by atoms with van der Waals surface area (Å²) in [6, 6.07) is 7.48. The van der Waals surface area contributed by atoms with E-state index in [1.54, 1.807) is 18.2 Å². The molecule has 0 aliphatic carbocycles. The van der Waals surface area contributed by atoms with E-state index in [1.807, 2.05) is 38.1 Å². The van der Waals surface area contributed by atoms with Crippen LogP contribution in [0.25, 0.3) is 0 Å². The van der Waals surface area contributed by atoms with Crippen LogP contribution in [0.5, 0.6) is 5.75 Å². The van der Waals surface area contributed by atoms with E-state index in [4.69, 9.17) is 4.74 Å². The summed E-state index contributed by atoms with van der Waals surface area (Å²) in [4.78, 5) is 22.3. The number of carbonyl (C=O) groups excluding carboxylic acids is 1. The molecule has 1 aromatic heterocycles. The van der Waals surface area contributed by atoms with Gasteiger partial charge in [-0.05, 0) is 38.1 Å². The van der Waals surface area contributed by atoms with Crippen LogP contribution >= 0.6 is 0 Å². The van der Waals surface area contributed by atoms with Gasteiger partial charge in [-0.1, -0.05) is 0 Å². The molecule has 1 heterocycles. The highest BCUT2D eigenvalue weighted by molar-refractivity contribution is 5.92. The van der Waals surface area contributed by atoms with E-state index in [-0.39, 0.29) is 5.91 Å². The largest absolute Gasteiger partial charge is 0.497 e. The van der Waals surface area contributed by atoms with Crippen LogP contribution in [0.2, 0.25) is 0 Å². The third-order valence-electron chi connectivity index (χ3n) is 3.28.